The van der Waals surface area contributed by atoms with Gasteiger partial charge in [-0.05, 0) is 86.1 Å². The van der Waals surface area contributed by atoms with Crippen LogP contribution in [0, 0.1) is 5.92 Å². The van der Waals surface area contributed by atoms with Crippen LogP contribution in [0.5, 0.6) is 0 Å². The van der Waals surface area contributed by atoms with Crippen molar-refractivity contribution in [3.8, 4) is 11.4 Å². The number of rotatable bonds is 8. The third-order valence-electron chi connectivity index (χ3n) is 12.2. The first-order valence-corrected chi connectivity index (χ1v) is 22.1. The Morgan fingerprint density at radius 2 is 1.50 bits per heavy atom. The molecule has 6 aromatic rings. The summed E-state index contributed by atoms with van der Waals surface area (Å²) in [5, 5.41) is 17.4. The number of carbonyl (C=O) groups excluding carboxylic acids is 2. The van der Waals surface area contributed by atoms with Crippen molar-refractivity contribution in [1.29, 1.82) is 0 Å². The minimum Gasteiger partial charge on any atom is -0.394 e. The highest BCUT2D eigenvalue weighted by Crippen LogP contribution is 2.60. The first kappa shape index (κ1) is 36.1. The van der Waals surface area contributed by atoms with Crippen molar-refractivity contribution in [2.45, 2.75) is 69.1 Å². The fourth-order valence-electron chi connectivity index (χ4n) is 9.59. The van der Waals surface area contributed by atoms with Gasteiger partial charge in [-0.1, -0.05) is 43.3 Å². The first-order chi connectivity index (χ1) is 26.9. The first-order valence-electron chi connectivity index (χ1n) is 19.1. The van der Waals surface area contributed by atoms with Crippen LogP contribution in [0.3, 0.4) is 0 Å². The number of carbonyl (C=O) groups is 2. The van der Waals surface area contributed by atoms with Gasteiger partial charge in [0.15, 0.2) is 5.60 Å². The molecule has 56 heavy (non-hydrogen) atoms. The van der Waals surface area contributed by atoms with E-state index >= 15 is 8.90 Å². The molecule has 1 spiro atoms. The number of hydrogen-bond donors (Lipinski definition) is 3. The van der Waals surface area contributed by atoms with Gasteiger partial charge in [0.05, 0.1) is 70.6 Å². The molecule has 2 amide bonds. The molecule has 4 aromatic carbocycles. The van der Waals surface area contributed by atoms with Crippen LogP contribution in [0.1, 0.15) is 37.3 Å². The molecule has 0 bridgehead atoms. The molecular formula is C42H43FN6O6Si. The van der Waals surface area contributed by atoms with Crippen LogP contribution >= 0.6 is 0 Å². The zero-order chi connectivity index (χ0) is 39.1. The third kappa shape index (κ3) is 5.52. The average Bonchev–Trinajstić information content (AvgIpc) is 3.99. The number of aromatic amines is 2. The van der Waals surface area contributed by atoms with E-state index in [9.17, 15) is 19.5 Å². The fourth-order valence-corrected chi connectivity index (χ4v) is 12.1. The molecular weight excluding hydrogens is 732 g/mol. The Morgan fingerprint density at radius 1 is 0.893 bits per heavy atom. The maximum Gasteiger partial charge on any atom is 0.279 e. The number of fused-ring (bicyclic) bond motifs is 4. The van der Waals surface area contributed by atoms with Crippen molar-refractivity contribution in [2.75, 3.05) is 18.1 Å². The topological polar surface area (TPSA) is 146 Å². The SMILES string of the molecule is C[C@@H]1[C@@H]([Si](C)(C)F)[C@H](CC(=O)N2CCC[C@H]2CO)O[C@@]12C(=O)N(Cc1ccc(-n3[nH]c4ccccc4c3=O)cc1)c1ccc(-n3[nH]c4ccccc4c3=O)cc12. The lowest BCUT2D eigenvalue weighted by Gasteiger charge is -2.31. The number of halogens is 1. The second kappa shape index (κ2) is 13.3. The van der Waals surface area contributed by atoms with E-state index in [1.165, 1.54) is 9.36 Å². The number of aliphatic hydroxyl groups is 1. The number of nitrogens with one attached hydrogen (secondary N) is 2. The number of benzene rings is 4. The Bertz CT molecular complexity index is 2640. The Hall–Kier alpha value is -5.57. The van der Waals surface area contributed by atoms with Gasteiger partial charge < -0.3 is 23.8 Å². The zero-order valence-corrected chi connectivity index (χ0v) is 32.4. The number of nitrogens with zero attached hydrogens (tertiary/aromatic N) is 4. The third-order valence-corrected chi connectivity index (χ3v) is 14.7. The molecule has 3 aliphatic rings. The van der Waals surface area contributed by atoms with Gasteiger partial charge in [0.2, 0.25) is 14.3 Å². The van der Waals surface area contributed by atoms with Crippen LogP contribution in [0.25, 0.3) is 33.2 Å². The second-order valence-corrected chi connectivity index (χ2v) is 19.7. The van der Waals surface area contributed by atoms with E-state index in [0.717, 1.165) is 17.5 Å². The molecule has 3 aliphatic heterocycles. The Labute approximate surface area is 322 Å². The molecule has 12 nitrogen and oxygen atoms in total. The van der Waals surface area contributed by atoms with Crippen LogP contribution in [0.15, 0.2) is 101 Å². The number of aliphatic hydroxyl groups excluding tert-OH is 1. The number of anilines is 1. The molecule has 0 radical (unpaired) electrons. The Kier molecular flexibility index (Phi) is 8.56. The summed E-state index contributed by atoms with van der Waals surface area (Å²) in [6.45, 7) is 5.53. The summed E-state index contributed by atoms with van der Waals surface area (Å²) in [6, 6.07) is 26.9. The van der Waals surface area contributed by atoms with Gasteiger partial charge in [0, 0.05) is 23.6 Å². The van der Waals surface area contributed by atoms with Crippen LogP contribution < -0.4 is 16.0 Å². The highest BCUT2D eigenvalue weighted by atomic mass is 28.4. The minimum absolute atomic E-state index is 0.119. The van der Waals surface area contributed by atoms with Crippen molar-refractivity contribution in [1.82, 2.24) is 24.5 Å². The van der Waals surface area contributed by atoms with Gasteiger partial charge in [-0.3, -0.25) is 29.4 Å². The predicted molar refractivity (Wildman–Crippen MR) is 213 cm³/mol. The maximum absolute atomic E-state index is 16.6. The number of aromatic nitrogens is 4. The summed E-state index contributed by atoms with van der Waals surface area (Å²) in [5.41, 5.74) is 1.55. The normalized spacial score (nSPS) is 23.6. The van der Waals surface area contributed by atoms with E-state index in [2.05, 4.69) is 10.2 Å². The van der Waals surface area contributed by atoms with E-state index in [0.29, 0.717) is 51.9 Å². The van der Waals surface area contributed by atoms with Crippen LogP contribution in [-0.2, 0) is 26.5 Å². The van der Waals surface area contributed by atoms with Gasteiger partial charge in [0.1, 0.15) is 0 Å². The number of H-pyrrole nitrogens is 2. The molecule has 3 N–H and O–H groups in total. The fraction of sp³-hybridized carbons (Fsp3) is 0.333. The Balaban J connectivity index is 1.12. The summed E-state index contributed by atoms with van der Waals surface area (Å²) in [5.74, 6) is -1.26. The molecule has 0 saturated carbocycles. The van der Waals surface area contributed by atoms with Crippen molar-refractivity contribution in [3.63, 3.8) is 0 Å². The zero-order valence-electron chi connectivity index (χ0n) is 31.4. The van der Waals surface area contributed by atoms with Gasteiger partial charge in [-0.15, -0.1) is 0 Å². The lowest BCUT2D eigenvalue weighted by Crippen LogP contribution is -2.45. The van der Waals surface area contributed by atoms with Crippen molar-refractivity contribution in [2.24, 2.45) is 5.92 Å². The van der Waals surface area contributed by atoms with Gasteiger partial charge in [-0.2, -0.15) is 0 Å². The molecule has 5 heterocycles. The maximum atomic E-state index is 16.6. The predicted octanol–water partition coefficient (Wildman–Crippen LogP) is 5.65. The Morgan fingerprint density at radius 3 is 2.11 bits per heavy atom. The lowest BCUT2D eigenvalue weighted by atomic mass is 9.82. The molecule has 2 fully saturated rings. The number of ether oxygens (including phenoxy) is 1. The van der Waals surface area contributed by atoms with Gasteiger partial charge >= 0.3 is 0 Å². The molecule has 2 saturated heterocycles. The summed E-state index contributed by atoms with van der Waals surface area (Å²) in [6.07, 6.45) is 0.448. The van der Waals surface area contributed by atoms with E-state index in [-0.39, 0.29) is 48.5 Å². The van der Waals surface area contributed by atoms with Crippen molar-refractivity contribution < 1.29 is 23.5 Å². The van der Waals surface area contributed by atoms with E-state index < -0.39 is 31.6 Å². The van der Waals surface area contributed by atoms with Crippen LogP contribution in [-0.4, -0.2) is 75.1 Å². The highest BCUT2D eigenvalue weighted by molar-refractivity contribution is 6.72. The largest absolute Gasteiger partial charge is 0.394 e. The molecule has 5 atom stereocenters. The summed E-state index contributed by atoms with van der Waals surface area (Å²) < 4.78 is 26.5. The second-order valence-electron chi connectivity index (χ2n) is 15.9. The van der Waals surface area contributed by atoms with Crippen molar-refractivity contribution >= 4 is 47.7 Å². The summed E-state index contributed by atoms with van der Waals surface area (Å²) in [7, 11) is -3.60. The number of amides is 2. The minimum atomic E-state index is -3.60. The van der Waals surface area contributed by atoms with Crippen molar-refractivity contribution in [3.05, 3.63) is 123 Å². The summed E-state index contributed by atoms with van der Waals surface area (Å²) in [4.78, 5) is 59.0. The average molecular weight is 775 g/mol. The highest BCUT2D eigenvalue weighted by Gasteiger charge is 2.67. The van der Waals surface area contributed by atoms with Gasteiger partial charge in [0.25, 0.3) is 17.0 Å². The number of para-hydroxylation sites is 2. The van der Waals surface area contributed by atoms with E-state index in [1.807, 2.05) is 61.5 Å². The molecule has 0 unspecified atom stereocenters. The van der Waals surface area contributed by atoms with Crippen LogP contribution in [0.4, 0.5) is 9.80 Å². The summed E-state index contributed by atoms with van der Waals surface area (Å²) >= 11 is 0. The molecule has 14 heteroatoms. The van der Waals surface area contributed by atoms with E-state index in [4.69, 9.17) is 4.74 Å². The number of hydrogen-bond acceptors (Lipinski definition) is 6. The van der Waals surface area contributed by atoms with Gasteiger partial charge in [-0.25, -0.2) is 9.36 Å². The quantitative estimate of drug-likeness (QED) is 0.135. The number of likely N-dealkylation sites (tertiary alicyclic amines) is 1. The lowest BCUT2D eigenvalue weighted by molar-refractivity contribution is -0.150. The smallest absolute Gasteiger partial charge is 0.279 e. The molecule has 0 aliphatic carbocycles. The van der Waals surface area contributed by atoms with E-state index in [1.54, 1.807) is 59.3 Å². The molecule has 9 rings (SSSR count). The van der Waals surface area contributed by atoms with Crippen LogP contribution in [0.2, 0.25) is 18.6 Å². The molecule has 288 valence electrons. The standard InChI is InChI=1S/C42H43FN6O6Si/c1-25-38(56(2,3)43)36(22-37(51)46-20-8-9-29(46)24-50)55-42(25)32-21-28(49-40(53)31-11-5-7-13-34(31)45-49)18-19-35(32)47(41(42)54)23-26-14-16-27(17-15-26)48-39(52)30-10-4-6-12-33(30)44-48/h4-7,10-19,21,25,29,36,38,44-45,50H,8-9,20,22-24H2,1-3H3/t25-,29+,36+,38-,42+/m1/s1. The molecule has 2 aromatic heterocycles. The monoisotopic (exact) mass is 774 g/mol.